The molecule has 0 atom stereocenters. The van der Waals surface area contributed by atoms with E-state index in [0.717, 1.165) is 0 Å². The second-order valence-corrected chi connectivity index (χ2v) is 7.51. The van der Waals surface area contributed by atoms with Crippen molar-refractivity contribution in [2.24, 2.45) is 0 Å². The van der Waals surface area contributed by atoms with Crippen molar-refractivity contribution in [3.05, 3.63) is 93.7 Å². The number of rotatable bonds is 8. The maximum absolute atomic E-state index is 13.8. The first kappa shape index (κ1) is 23.0. The van der Waals surface area contributed by atoms with Crippen LogP contribution >= 0.6 is 15.9 Å². The molecule has 0 fully saturated rings. The maximum Gasteiger partial charge on any atom is 0.266 e. The lowest BCUT2D eigenvalue weighted by atomic mass is 10.1. The van der Waals surface area contributed by atoms with E-state index in [0.29, 0.717) is 39.4 Å². The summed E-state index contributed by atoms with van der Waals surface area (Å²) in [5, 5.41) is 12.2. The lowest BCUT2D eigenvalue weighted by molar-refractivity contribution is -0.112. The van der Waals surface area contributed by atoms with Gasteiger partial charge in [-0.05, 0) is 64.8 Å². The second-order valence-electron chi connectivity index (χ2n) is 6.65. The van der Waals surface area contributed by atoms with Gasteiger partial charge in [0.2, 0.25) is 0 Å². The molecule has 1 amide bonds. The number of ether oxygens (including phenoxy) is 2. The fourth-order valence-electron chi connectivity index (χ4n) is 2.84. The summed E-state index contributed by atoms with van der Waals surface area (Å²) < 4.78 is 25.5. The molecule has 0 aromatic heterocycles. The number of anilines is 1. The van der Waals surface area contributed by atoms with Crippen molar-refractivity contribution < 1.29 is 18.7 Å². The number of amides is 1. The van der Waals surface area contributed by atoms with Gasteiger partial charge >= 0.3 is 0 Å². The van der Waals surface area contributed by atoms with Crippen LogP contribution in [0.5, 0.6) is 11.5 Å². The van der Waals surface area contributed by atoms with Crippen LogP contribution in [0.15, 0.2) is 76.8 Å². The highest BCUT2D eigenvalue weighted by Crippen LogP contribution is 2.28. The first-order valence-electron chi connectivity index (χ1n) is 9.82. The van der Waals surface area contributed by atoms with Crippen molar-refractivity contribution in [2.75, 3.05) is 11.9 Å². The number of hydrogen-bond acceptors (Lipinski definition) is 4. The number of carbonyl (C=O) groups excluding carboxylic acids is 1. The van der Waals surface area contributed by atoms with Crippen molar-refractivity contribution in [1.82, 2.24) is 0 Å². The first-order chi connectivity index (χ1) is 15.5. The normalized spacial score (nSPS) is 10.9. The molecule has 0 radical (unpaired) electrons. The Morgan fingerprint density at radius 2 is 1.94 bits per heavy atom. The molecule has 3 aromatic rings. The molecule has 0 spiro atoms. The number of nitriles is 1. The molecule has 0 aliphatic heterocycles. The van der Waals surface area contributed by atoms with E-state index in [4.69, 9.17) is 9.47 Å². The average molecular weight is 495 g/mol. The predicted octanol–water partition coefficient (Wildman–Crippen LogP) is 6.11. The smallest absolute Gasteiger partial charge is 0.266 e. The molecule has 0 aliphatic rings. The maximum atomic E-state index is 13.8. The van der Waals surface area contributed by atoms with Crippen LogP contribution in [0.1, 0.15) is 18.1 Å². The van der Waals surface area contributed by atoms with E-state index in [-0.39, 0.29) is 18.0 Å². The van der Waals surface area contributed by atoms with E-state index in [1.54, 1.807) is 60.7 Å². The monoisotopic (exact) mass is 494 g/mol. The highest BCUT2D eigenvalue weighted by molar-refractivity contribution is 9.10. The molecule has 0 unspecified atom stereocenters. The number of halogens is 2. The Bertz CT molecular complexity index is 1190. The Kier molecular flexibility index (Phi) is 8.01. The summed E-state index contributed by atoms with van der Waals surface area (Å²) in [5.41, 5.74) is 1.55. The lowest BCUT2D eigenvalue weighted by Crippen LogP contribution is -2.13. The Balaban J connectivity index is 1.70. The molecule has 0 bridgehead atoms. The summed E-state index contributed by atoms with van der Waals surface area (Å²) in [6.45, 7) is 2.46. The zero-order chi connectivity index (χ0) is 22.9. The number of hydrogen-bond donors (Lipinski definition) is 1. The Morgan fingerprint density at radius 1 is 1.12 bits per heavy atom. The van der Waals surface area contributed by atoms with Gasteiger partial charge in [-0.15, -0.1) is 0 Å². The molecule has 7 heteroatoms. The van der Waals surface area contributed by atoms with E-state index in [2.05, 4.69) is 21.2 Å². The highest BCUT2D eigenvalue weighted by atomic mass is 79.9. The third-order valence-corrected chi connectivity index (χ3v) is 5.00. The summed E-state index contributed by atoms with van der Waals surface area (Å²) >= 11 is 3.42. The Hall–Kier alpha value is -3.63. The van der Waals surface area contributed by atoms with Crippen molar-refractivity contribution in [3.8, 4) is 17.6 Å². The standard InChI is InChI=1S/C25H20BrFN2O3/c1-2-31-21-8-5-7-20(14-21)29-25(30)19(15-28)12-17-10-11-24(22(26)13-17)32-16-18-6-3-4-9-23(18)27/h3-14H,2,16H2,1H3,(H,29,30)/b19-12-. The Labute approximate surface area is 194 Å². The summed E-state index contributed by atoms with van der Waals surface area (Å²) in [6.07, 6.45) is 1.48. The van der Waals surface area contributed by atoms with E-state index in [1.165, 1.54) is 12.1 Å². The highest BCUT2D eigenvalue weighted by Gasteiger charge is 2.11. The van der Waals surface area contributed by atoms with Gasteiger partial charge in [0.05, 0.1) is 11.1 Å². The summed E-state index contributed by atoms with van der Waals surface area (Å²) in [5.74, 6) is 0.278. The van der Waals surface area contributed by atoms with E-state index >= 15 is 0 Å². The van der Waals surface area contributed by atoms with Crippen LogP contribution in [0.4, 0.5) is 10.1 Å². The number of benzene rings is 3. The first-order valence-corrected chi connectivity index (χ1v) is 10.6. The van der Waals surface area contributed by atoms with Crippen LogP contribution in [-0.2, 0) is 11.4 Å². The molecule has 32 heavy (non-hydrogen) atoms. The van der Waals surface area contributed by atoms with Crippen LogP contribution in [0, 0.1) is 17.1 Å². The fraction of sp³-hybridized carbons (Fsp3) is 0.120. The molecule has 162 valence electrons. The molecule has 0 aliphatic carbocycles. The van der Waals surface area contributed by atoms with Crippen LogP contribution in [0.2, 0.25) is 0 Å². The summed E-state index contributed by atoms with van der Waals surface area (Å²) in [4.78, 5) is 12.5. The van der Waals surface area contributed by atoms with Gasteiger partial charge in [-0.2, -0.15) is 5.26 Å². The average Bonchev–Trinajstić information content (AvgIpc) is 2.78. The van der Waals surface area contributed by atoms with Crippen molar-refractivity contribution in [2.45, 2.75) is 13.5 Å². The zero-order valence-corrected chi connectivity index (χ0v) is 18.9. The van der Waals surface area contributed by atoms with Gasteiger partial charge in [0.1, 0.15) is 35.6 Å². The van der Waals surface area contributed by atoms with Gasteiger partial charge < -0.3 is 14.8 Å². The van der Waals surface area contributed by atoms with Gasteiger partial charge in [0.15, 0.2) is 0 Å². The zero-order valence-electron chi connectivity index (χ0n) is 17.3. The van der Waals surface area contributed by atoms with Crippen molar-refractivity contribution >= 4 is 33.6 Å². The third kappa shape index (κ3) is 6.19. The van der Waals surface area contributed by atoms with Gasteiger partial charge in [-0.1, -0.05) is 30.3 Å². The number of carbonyl (C=O) groups is 1. The third-order valence-electron chi connectivity index (χ3n) is 4.38. The lowest BCUT2D eigenvalue weighted by Gasteiger charge is -2.10. The molecule has 5 nitrogen and oxygen atoms in total. The van der Waals surface area contributed by atoms with Gasteiger partial charge in [0.25, 0.3) is 5.91 Å². The molecule has 3 rings (SSSR count). The minimum absolute atomic E-state index is 0.0567. The van der Waals surface area contributed by atoms with Crippen LogP contribution in [-0.4, -0.2) is 12.5 Å². The molecule has 0 saturated carbocycles. The molecular formula is C25H20BrFN2O3. The fourth-order valence-corrected chi connectivity index (χ4v) is 3.35. The second kappa shape index (κ2) is 11.1. The van der Waals surface area contributed by atoms with Crippen molar-refractivity contribution in [3.63, 3.8) is 0 Å². The summed E-state index contributed by atoms with van der Waals surface area (Å²) in [6, 6.07) is 20.4. The largest absolute Gasteiger partial charge is 0.494 e. The van der Waals surface area contributed by atoms with E-state index < -0.39 is 5.91 Å². The van der Waals surface area contributed by atoms with Gasteiger partial charge in [-0.25, -0.2) is 4.39 Å². The summed E-state index contributed by atoms with van der Waals surface area (Å²) in [7, 11) is 0. The molecule has 0 saturated heterocycles. The molecule has 1 N–H and O–H groups in total. The van der Waals surface area contributed by atoms with E-state index in [1.807, 2.05) is 13.0 Å². The predicted molar refractivity (Wildman–Crippen MR) is 125 cm³/mol. The van der Waals surface area contributed by atoms with Crippen LogP contribution < -0.4 is 14.8 Å². The molecule has 3 aromatic carbocycles. The Morgan fingerprint density at radius 3 is 2.66 bits per heavy atom. The van der Waals surface area contributed by atoms with Crippen molar-refractivity contribution in [1.29, 1.82) is 5.26 Å². The topological polar surface area (TPSA) is 71.3 Å². The minimum Gasteiger partial charge on any atom is -0.494 e. The van der Waals surface area contributed by atoms with E-state index in [9.17, 15) is 14.4 Å². The molecule has 0 heterocycles. The minimum atomic E-state index is -0.530. The quantitative estimate of drug-likeness (QED) is 0.302. The number of nitrogens with zero attached hydrogens (tertiary/aromatic N) is 1. The SMILES string of the molecule is CCOc1cccc(NC(=O)/C(C#N)=C\c2ccc(OCc3ccccc3F)c(Br)c2)c1. The number of nitrogens with one attached hydrogen (secondary N) is 1. The molecular weight excluding hydrogens is 475 g/mol. The van der Waals surface area contributed by atoms with Gasteiger partial charge in [-0.3, -0.25) is 4.79 Å². The van der Waals surface area contributed by atoms with Crippen LogP contribution in [0.3, 0.4) is 0 Å². The van der Waals surface area contributed by atoms with Crippen LogP contribution in [0.25, 0.3) is 6.08 Å². The van der Waals surface area contributed by atoms with Gasteiger partial charge in [0, 0.05) is 17.3 Å².